The summed E-state index contributed by atoms with van der Waals surface area (Å²) in [5, 5.41) is 0. The van der Waals surface area contributed by atoms with Crippen LogP contribution in [-0.2, 0) is 32.7 Å². The number of unbranched alkanes of at least 4 members (excludes halogenated alkanes) is 18. The maximum absolute atomic E-state index is 12.6. The van der Waals surface area contributed by atoms with Crippen LogP contribution in [0.4, 0.5) is 0 Å². The molecule has 0 amide bonds. The average Bonchev–Trinajstić information content (AvgIpc) is 3.14. The first-order valence-corrected chi connectivity index (χ1v) is 22.6. The molecule has 0 aliphatic heterocycles. The average molecular weight is 768 g/mol. The largest absolute Gasteiger partial charge is 0.472 e. The van der Waals surface area contributed by atoms with E-state index in [1.807, 2.05) is 0 Å². The maximum Gasteiger partial charge on any atom is 0.472 e. The predicted molar refractivity (Wildman–Crippen MR) is 220 cm³/mol. The monoisotopic (exact) mass is 768 g/mol. The van der Waals surface area contributed by atoms with Crippen LogP contribution in [-0.4, -0.2) is 49.3 Å². The molecule has 53 heavy (non-hydrogen) atoms. The third-order valence-electron chi connectivity index (χ3n) is 8.67. The number of hydrogen-bond donors (Lipinski definition) is 2. The molecule has 10 heteroatoms. The molecule has 0 aromatic heterocycles. The molecular formula is C43H78NO8P. The smallest absolute Gasteiger partial charge is 0.462 e. The van der Waals surface area contributed by atoms with Crippen LogP contribution in [0, 0.1) is 0 Å². The lowest BCUT2D eigenvalue weighted by Crippen LogP contribution is -2.29. The van der Waals surface area contributed by atoms with Gasteiger partial charge >= 0.3 is 19.8 Å². The van der Waals surface area contributed by atoms with Gasteiger partial charge < -0.3 is 20.1 Å². The maximum atomic E-state index is 12.6. The van der Waals surface area contributed by atoms with Gasteiger partial charge in [-0.25, -0.2) is 4.57 Å². The van der Waals surface area contributed by atoms with E-state index in [0.29, 0.717) is 12.8 Å². The van der Waals surface area contributed by atoms with E-state index in [9.17, 15) is 19.0 Å². The third-order valence-corrected chi connectivity index (χ3v) is 9.65. The second kappa shape index (κ2) is 39.7. The van der Waals surface area contributed by atoms with Gasteiger partial charge in [0, 0.05) is 19.4 Å². The van der Waals surface area contributed by atoms with Crippen molar-refractivity contribution in [2.24, 2.45) is 5.73 Å². The highest BCUT2D eigenvalue weighted by Gasteiger charge is 2.26. The quantitative estimate of drug-likeness (QED) is 0.0271. The minimum absolute atomic E-state index is 0.0492. The van der Waals surface area contributed by atoms with Crippen LogP contribution < -0.4 is 5.73 Å². The molecule has 0 spiro atoms. The number of esters is 2. The van der Waals surface area contributed by atoms with Crippen LogP contribution in [0.1, 0.15) is 181 Å². The first-order chi connectivity index (χ1) is 25.8. The molecule has 0 saturated carbocycles. The van der Waals surface area contributed by atoms with E-state index in [1.165, 1.54) is 64.2 Å². The Bertz CT molecular complexity index is 1010. The molecule has 9 nitrogen and oxygen atoms in total. The van der Waals surface area contributed by atoms with Gasteiger partial charge in [-0.3, -0.25) is 18.6 Å². The standard InChI is InChI=1S/C43H78NO8P/c1-3-5-7-9-11-13-15-17-18-19-20-21-22-24-26-28-30-32-34-36-43(46)52-41(40-51-53(47,48)50-38-37-44)39-49-42(45)35-33-31-29-27-25-23-16-14-12-10-8-6-4-2/h8,10-11,13-14,16-18,41H,3-7,9,12,15,19-40,44H2,1-2H3,(H,47,48)/b10-8-,13-11-,16-14-,18-17-. The first-order valence-electron chi connectivity index (χ1n) is 21.1. The van der Waals surface area contributed by atoms with Crippen LogP contribution in [0.25, 0.3) is 0 Å². The summed E-state index contributed by atoms with van der Waals surface area (Å²) in [6, 6.07) is 0. The van der Waals surface area contributed by atoms with Crippen molar-refractivity contribution in [2.75, 3.05) is 26.4 Å². The topological polar surface area (TPSA) is 134 Å². The number of carbonyl (C=O) groups excluding carboxylic acids is 2. The molecule has 0 fully saturated rings. The molecule has 0 bridgehead atoms. The van der Waals surface area contributed by atoms with Gasteiger partial charge in [0.25, 0.3) is 0 Å². The fourth-order valence-electron chi connectivity index (χ4n) is 5.52. The first kappa shape index (κ1) is 51.0. The van der Waals surface area contributed by atoms with Crippen molar-refractivity contribution in [3.05, 3.63) is 48.6 Å². The fraction of sp³-hybridized carbons (Fsp3) is 0.767. The Balaban J connectivity index is 4.17. The number of hydrogen-bond acceptors (Lipinski definition) is 8. The summed E-state index contributed by atoms with van der Waals surface area (Å²) < 4.78 is 32.7. The number of nitrogens with two attached hydrogens (primary N) is 1. The summed E-state index contributed by atoms with van der Waals surface area (Å²) >= 11 is 0. The van der Waals surface area contributed by atoms with E-state index >= 15 is 0 Å². The highest BCUT2D eigenvalue weighted by molar-refractivity contribution is 7.47. The predicted octanol–water partition coefficient (Wildman–Crippen LogP) is 11.9. The number of phosphoric ester groups is 1. The molecule has 0 aromatic rings. The molecule has 2 atom stereocenters. The van der Waals surface area contributed by atoms with E-state index < -0.39 is 32.5 Å². The van der Waals surface area contributed by atoms with Gasteiger partial charge in [-0.05, 0) is 70.6 Å². The highest BCUT2D eigenvalue weighted by atomic mass is 31.2. The normalized spacial score (nSPS) is 13.8. The Morgan fingerprint density at radius 2 is 1.02 bits per heavy atom. The number of ether oxygens (including phenoxy) is 2. The third kappa shape index (κ3) is 39.5. The van der Waals surface area contributed by atoms with E-state index in [-0.39, 0.29) is 32.6 Å². The number of allylic oxidation sites excluding steroid dienone is 8. The zero-order valence-corrected chi connectivity index (χ0v) is 34.6. The lowest BCUT2D eigenvalue weighted by Gasteiger charge is -2.19. The van der Waals surface area contributed by atoms with Crippen LogP contribution in [0.15, 0.2) is 48.6 Å². The van der Waals surface area contributed by atoms with Crippen LogP contribution in [0.5, 0.6) is 0 Å². The van der Waals surface area contributed by atoms with Gasteiger partial charge in [0.1, 0.15) is 6.61 Å². The molecule has 0 aliphatic carbocycles. The molecular weight excluding hydrogens is 689 g/mol. The molecule has 3 N–H and O–H groups in total. The van der Waals surface area contributed by atoms with Crippen molar-refractivity contribution < 1.29 is 37.6 Å². The van der Waals surface area contributed by atoms with Crippen molar-refractivity contribution in [2.45, 2.75) is 187 Å². The van der Waals surface area contributed by atoms with E-state index in [1.54, 1.807) is 0 Å². The molecule has 0 radical (unpaired) electrons. The van der Waals surface area contributed by atoms with Crippen LogP contribution in [0.3, 0.4) is 0 Å². The Morgan fingerprint density at radius 3 is 1.51 bits per heavy atom. The van der Waals surface area contributed by atoms with Crippen molar-refractivity contribution in [3.63, 3.8) is 0 Å². The molecule has 308 valence electrons. The summed E-state index contributed by atoms with van der Waals surface area (Å²) in [7, 11) is -4.38. The van der Waals surface area contributed by atoms with Gasteiger partial charge in [-0.15, -0.1) is 0 Å². The summed E-state index contributed by atoms with van der Waals surface area (Å²) in [6.07, 6.45) is 44.2. The minimum atomic E-state index is -4.38. The van der Waals surface area contributed by atoms with Gasteiger partial charge in [-0.2, -0.15) is 0 Å². The van der Waals surface area contributed by atoms with Gasteiger partial charge in [0.05, 0.1) is 13.2 Å². The lowest BCUT2D eigenvalue weighted by molar-refractivity contribution is -0.161. The summed E-state index contributed by atoms with van der Waals surface area (Å²) in [5.74, 6) is -0.852. The Labute approximate surface area is 324 Å². The van der Waals surface area contributed by atoms with E-state index in [0.717, 1.165) is 77.0 Å². The Hall–Kier alpha value is -2.03. The SMILES string of the molecule is CCC/C=C\C/C=C\CCCCCCCC(=O)OCC(COP(=O)(O)OCCN)OC(=O)CCCCCCCCCCC/C=C\C/C=C\CCCCC. The van der Waals surface area contributed by atoms with E-state index in [4.69, 9.17) is 24.3 Å². The number of rotatable bonds is 39. The second-order valence-electron chi connectivity index (χ2n) is 13.8. The molecule has 2 unspecified atom stereocenters. The molecule has 0 aromatic carbocycles. The van der Waals surface area contributed by atoms with Gasteiger partial charge in [0.15, 0.2) is 6.10 Å². The summed E-state index contributed by atoms with van der Waals surface area (Å²) in [5.41, 5.74) is 5.34. The highest BCUT2D eigenvalue weighted by Crippen LogP contribution is 2.43. The minimum Gasteiger partial charge on any atom is -0.462 e. The second-order valence-corrected chi connectivity index (χ2v) is 15.3. The van der Waals surface area contributed by atoms with Crippen LogP contribution in [0.2, 0.25) is 0 Å². The number of carbonyl (C=O) groups is 2. The fourth-order valence-corrected chi connectivity index (χ4v) is 6.29. The van der Waals surface area contributed by atoms with Gasteiger partial charge in [0.2, 0.25) is 0 Å². The zero-order valence-electron chi connectivity index (χ0n) is 33.7. The lowest BCUT2D eigenvalue weighted by atomic mass is 10.1. The van der Waals surface area contributed by atoms with Gasteiger partial charge in [-0.1, -0.05) is 146 Å². The molecule has 0 rings (SSSR count). The molecule has 0 saturated heterocycles. The van der Waals surface area contributed by atoms with E-state index in [2.05, 4.69) is 62.5 Å². The van der Waals surface area contributed by atoms with Crippen molar-refractivity contribution in [3.8, 4) is 0 Å². The summed E-state index contributed by atoms with van der Waals surface area (Å²) in [6.45, 7) is 3.62. The number of phosphoric acid groups is 1. The zero-order chi connectivity index (χ0) is 38.9. The molecule has 0 aliphatic rings. The molecule has 0 heterocycles. The van der Waals surface area contributed by atoms with Crippen molar-refractivity contribution in [1.82, 2.24) is 0 Å². The Kier molecular flexibility index (Phi) is 38.1. The van der Waals surface area contributed by atoms with Crippen molar-refractivity contribution in [1.29, 1.82) is 0 Å². The Morgan fingerprint density at radius 1 is 0.566 bits per heavy atom. The van der Waals surface area contributed by atoms with Crippen molar-refractivity contribution >= 4 is 19.8 Å². The van der Waals surface area contributed by atoms with Crippen LogP contribution >= 0.6 is 7.82 Å². The summed E-state index contributed by atoms with van der Waals surface area (Å²) in [4.78, 5) is 34.8.